The first kappa shape index (κ1) is 18.2. The lowest BCUT2D eigenvalue weighted by molar-refractivity contribution is -0.660. The average Bonchev–Trinajstić information content (AvgIpc) is 3.17. The molecular formula is C31H33N2O+. The summed E-state index contributed by atoms with van der Waals surface area (Å²) in [5.74, 6) is 0. The maximum Gasteiger partial charge on any atom is 0.234 e. The van der Waals surface area contributed by atoms with Gasteiger partial charge in [0, 0.05) is 14.9 Å². The molecule has 0 bridgehead atoms. The summed E-state index contributed by atoms with van der Waals surface area (Å²) in [6, 6.07) is 10.6. The van der Waals surface area contributed by atoms with Gasteiger partial charge in [0.15, 0.2) is 6.20 Å². The molecule has 5 aromatic rings. The fourth-order valence-electron chi connectivity index (χ4n) is 6.06. The molecule has 1 aliphatic carbocycles. The predicted octanol–water partition coefficient (Wildman–Crippen LogP) is 7.59. The third-order valence-electron chi connectivity index (χ3n) is 8.07. The Morgan fingerprint density at radius 2 is 1.79 bits per heavy atom. The van der Waals surface area contributed by atoms with Gasteiger partial charge in [-0.1, -0.05) is 45.9 Å². The molecule has 0 spiro atoms. The van der Waals surface area contributed by atoms with Crippen molar-refractivity contribution in [3.8, 4) is 11.3 Å². The van der Waals surface area contributed by atoms with E-state index in [0.29, 0.717) is 16.5 Å². The van der Waals surface area contributed by atoms with Crippen LogP contribution in [0.5, 0.6) is 0 Å². The fraction of sp³-hybridized carbons (Fsp3) is 0.355. The van der Waals surface area contributed by atoms with Gasteiger partial charge in [-0.25, -0.2) is 0 Å². The summed E-state index contributed by atoms with van der Waals surface area (Å²) in [5, 5.41) is 3.82. The molecule has 0 radical (unpaired) electrons. The first-order valence-electron chi connectivity index (χ1n) is 13.6. The van der Waals surface area contributed by atoms with Crippen molar-refractivity contribution in [2.75, 3.05) is 0 Å². The van der Waals surface area contributed by atoms with E-state index < -0.39 is 6.85 Å². The Labute approximate surface area is 205 Å². The highest BCUT2D eigenvalue weighted by Crippen LogP contribution is 2.49. The van der Waals surface area contributed by atoms with Crippen LogP contribution in [0.2, 0.25) is 0 Å². The number of fused-ring (bicyclic) bond motifs is 6. The van der Waals surface area contributed by atoms with Crippen LogP contribution in [0, 0.1) is 13.8 Å². The van der Waals surface area contributed by atoms with Crippen molar-refractivity contribution < 1.29 is 13.1 Å². The predicted molar refractivity (Wildman–Crippen MR) is 140 cm³/mol. The second-order valence-corrected chi connectivity index (χ2v) is 11.3. The molecule has 2 aromatic heterocycles. The van der Waals surface area contributed by atoms with Crippen molar-refractivity contribution in [1.82, 2.24) is 4.98 Å². The van der Waals surface area contributed by atoms with Crippen LogP contribution in [-0.4, -0.2) is 4.98 Å². The molecule has 0 N–H and O–H groups in total. The van der Waals surface area contributed by atoms with E-state index in [2.05, 4.69) is 56.9 Å². The summed E-state index contributed by atoms with van der Waals surface area (Å²) in [7, 11) is 1.97. The number of aromatic nitrogens is 2. The number of nitrogens with zero attached hydrogens (tertiary/aromatic N) is 2. The van der Waals surface area contributed by atoms with Crippen LogP contribution in [0.4, 0.5) is 0 Å². The third-order valence-corrected chi connectivity index (χ3v) is 8.07. The van der Waals surface area contributed by atoms with Crippen molar-refractivity contribution in [3.63, 3.8) is 0 Å². The topological polar surface area (TPSA) is 29.9 Å². The molecule has 3 heteroatoms. The van der Waals surface area contributed by atoms with Gasteiger partial charge in [0.1, 0.15) is 18.2 Å². The van der Waals surface area contributed by atoms with Gasteiger partial charge < -0.3 is 4.42 Å². The van der Waals surface area contributed by atoms with E-state index in [0.717, 1.165) is 46.0 Å². The highest BCUT2D eigenvalue weighted by molar-refractivity contribution is 6.15. The molecule has 1 aliphatic rings. The highest BCUT2D eigenvalue weighted by atomic mass is 16.3. The van der Waals surface area contributed by atoms with Crippen molar-refractivity contribution >= 4 is 32.7 Å². The zero-order valence-electron chi connectivity index (χ0n) is 23.8. The van der Waals surface area contributed by atoms with Crippen LogP contribution in [0.25, 0.3) is 44.0 Å². The molecule has 6 rings (SSSR count). The molecule has 0 unspecified atom stereocenters. The van der Waals surface area contributed by atoms with Gasteiger partial charge in [0.2, 0.25) is 5.69 Å². The van der Waals surface area contributed by atoms with Gasteiger partial charge in [-0.2, -0.15) is 4.57 Å². The van der Waals surface area contributed by atoms with E-state index >= 15 is 0 Å². The normalized spacial score (nSPS) is 18.6. The Bertz CT molecular complexity index is 1740. The molecule has 3 aromatic carbocycles. The van der Waals surface area contributed by atoms with Crippen LogP contribution >= 0.6 is 0 Å². The Morgan fingerprint density at radius 1 is 1.00 bits per heavy atom. The second kappa shape index (κ2) is 6.91. The minimum atomic E-state index is -2.27. The van der Waals surface area contributed by atoms with Crippen molar-refractivity contribution in [1.29, 1.82) is 0 Å². The van der Waals surface area contributed by atoms with E-state index in [-0.39, 0.29) is 10.8 Å². The first-order valence-corrected chi connectivity index (χ1v) is 12.1. The van der Waals surface area contributed by atoms with Gasteiger partial charge in [0.25, 0.3) is 0 Å². The van der Waals surface area contributed by atoms with Crippen molar-refractivity contribution in [3.05, 3.63) is 71.2 Å². The minimum absolute atomic E-state index is 0.0408. The Balaban J connectivity index is 1.79. The number of hydrogen-bond acceptors (Lipinski definition) is 2. The molecule has 34 heavy (non-hydrogen) atoms. The van der Waals surface area contributed by atoms with Gasteiger partial charge in [0.05, 0.1) is 18.0 Å². The smallest absolute Gasteiger partial charge is 0.234 e. The van der Waals surface area contributed by atoms with E-state index in [1.54, 1.807) is 18.5 Å². The Morgan fingerprint density at radius 3 is 2.56 bits per heavy atom. The van der Waals surface area contributed by atoms with Crippen molar-refractivity contribution in [2.45, 2.75) is 65.1 Å². The lowest BCUT2D eigenvalue weighted by atomic mass is 9.62. The van der Waals surface area contributed by atoms with E-state index in [4.69, 9.17) is 8.53 Å². The maximum atomic E-state index is 8.34. The van der Waals surface area contributed by atoms with E-state index in [1.807, 2.05) is 24.7 Å². The summed E-state index contributed by atoms with van der Waals surface area (Å²) in [6.45, 7) is 9.00. The van der Waals surface area contributed by atoms with Crippen LogP contribution in [0.3, 0.4) is 0 Å². The summed E-state index contributed by atoms with van der Waals surface area (Å²) >= 11 is 0. The van der Waals surface area contributed by atoms with Crippen LogP contribution < -0.4 is 4.57 Å². The van der Waals surface area contributed by atoms with E-state index in [9.17, 15) is 0 Å². The van der Waals surface area contributed by atoms with Crippen LogP contribution in [0.15, 0.2) is 53.3 Å². The molecule has 0 amide bonds. The monoisotopic (exact) mass is 452 g/mol. The molecule has 172 valence electrons. The number of benzene rings is 3. The number of aryl methyl sites for hydroxylation is 3. The quantitative estimate of drug-likeness (QED) is 0.245. The summed E-state index contributed by atoms with van der Waals surface area (Å²) in [4.78, 5) is 4.34. The zero-order valence-corrected chi connectivity index (χ0v) is 20.8. The average molecular weight is 453 g/mol. The molecule has 0 fully saturated rings. The summed E-state index contributed by atoms with van der Waals surface area (Å²) < 4.78 is 33.7. The lowest BCUT2D eigenvalue weighted by Gasteiger charge is -2.42. The molecule has 0 saturated carbocycles. The van der Waals surface area contributed by atoms with Gasteiger partial charge in [-0.05, 0) is 82.6 Å². The first-order chi connectivity index (χ1) is 17.3. The number of rotatable bonds is 1. The standard InChI is InChI=1S/C31H33N2O/c1-18-14-19(2)27(24-17-32-12-13-33(24)7)29-26(18)22-15-20-8-9-23-28(21(20)16-25(22)34-29)31(5,6)11-10-30(23,3)4/h8-9,12-17H,10-11H2,1-7H3/q+1/i1D3. The molecule has 0 saturated heterocycles. The van der Waals surface area contributed by atoms with Gasteiger partial charge in [-0.3, -0.25) is 4.98 Å². The largest absolute Gasteiger partial charge is 0.455 e. The molecule has 0 atom stereocenters. The number of furan rings is 1. The Hall–Kier alpha value is -3.20. The van der Waals surface area contributed by atoms with Gasteiger partial charge >= 0.3 is 0 Å². The molecule has 3 nitrogen and oxygen atoms in total. The third kappa shape index (κ3) is 2.89. The number of hydrogen-bond donors (Lipinski definition) is 0. The van der Waals surface area contributed by atoms with Crippen LogP contribution in [0.1, 0.15) is 66.9 Å². The summed E-state index contributed by atoms with van der Waals surface area (Å²) in [6.07, 6.45) is 7.71. The lowest BCUT2D eigenvalue weighted by Crippen LogP contribution is -2.34. The minimum Gasteiger partial charge on any atom is -0.455 e. The highest BCUT2D eigenvalue weighted by Gasteiger charge is 2.38. The molecular weight excluding hydrogens is 416 g/mol. The van der Waals surface area contributed by atoms with Crippen molar-refractivity contribution in [2.24, 2.45) is 7.05 Å². The Kier molecular flexibility index (Phi) is 3.69. The maximum absolute atomic E-state index is 8.34. The van der Waals surface area contributed by atoms with Crippen LogP contribution in [-0.2, 0) is 17.9 Å². The SMILES string of the molecule is [2H]C([2H])([2H])c1cc(C)c(-c2cncc[n+]2C)c2oc3cc4c5c(ccc4cc3c12)C(C)(C)CCC5(C)C. The van der Waals surface area contributed by atoms with E-state index in [1.165, 1.54) is 16.5 Å². The molecule has 0 aliphatic heterocycles. The summed E-state index contributed by atoms with van der Waals surface area (Å²) in [5.41, 5.74) is 7.19. The molecule has 2 heterocycles. The second-order valence-electron chi connectivity index (χ2n) is 11.3. The fourth-order valence-corrected chi connectivity index (χ4v) is 6.06. The van der Waals surface area contributed by atoms with Gasteiger partial charge in [-0.15, -0.1) is 0 Å². The zero-order chi connectivity index (χ0) is 26.5.